The third-order valence-corrected chi connectivity index (χ3v) is 4.86. The number of nitrogens with zero attached hydrogens (tertiary/aromatic N) is 4. The van der Waals surface area contributed by atoms with E-state index in [0.29, 0.717) is 30.4 Å². The van der Waals surface area contributed by atoms with E-state index in [-0.39, 0.29) is 24.1 Å². The molecule has 0 atom stereocenters. The molecule has 1 aliphatic rings. The van der Waals surface area contributed by atoms with Crippen LogP contribution in [-0.4, -0.2) is 39.0 Å². The van der Waals surface area contributed by atoms with Gasteiger partial charge in [0.05, 0.1) is 12.0 Å². The number of likely N-dealkylation sites (tertiary alicyclic amines) is 1. The number of rotatable bonds is 4. The van der Waals surface area contributed by atoms with E-state index in [1.807, 2.05) is 12.1 Å². The molecular formula is C20H19FN4O2. The van der Waals surface area contributed by atoms with Crippen LogP contribution in [0, 0.1) is 5.82 Å². The van der Waals surface area contributed by atoms with Gasteiger partial charge in [-0.15, -0.1) is 0 Å². The molecule has 1 aliphatic heterocycles. The van der Waals surface area contributed by atoms with Crippen molar-refractivity contribution in [2.24, 2.45) is 0 Å². The van der Waals surface area contributed by atoms with E-state index in [0.717, 1.165) is 18.4 Å². The molecule has 1 saturated heterocycles. The molecule has 138 valence electrons. The van der Waals surface area contributed by atoms with E-state index >= 15 is 0 Å². The van der Waals surface area contributed by atoms with Crippen molar-refractivity contribution in [3.05, 3.63) is 66.0 Å². The van der Waals surface area contributed by atoms with Crippen molar-refractivity contribution in [1.82, 2.24) is 20.0 Å². The number of hydrogen-bond acceptors (Lipinski definition) is 5. The van der Waals surface area contributed by atoms with Gasteiger partial charge < -0.3 is 9.42 Å². The van der Waals surface area contributed by atoms with Crippen LogP contribution in [0.4, 0.5) is 4.39 Å². The molecule has 1 aromatic carbocycles. The van der Waals surface area contributed by atoms with Gasteiger partial charge in [0.1, 0.15) is 5.82 Å². The van der Waals surface area contributed by atoms with Gasteiger partial charge in [-0.2, -0.15) is 4.98 Å². The molecule has 3 heterocycles. The Kier molecular flexibility index (Phi) is 4.91. The zero-order valence-electron chi connectivity index (χ0n) is 14.7. The first-order valence-corrected chi connectivity index (χ1v) is 8.96. The van der Waals surface area contributed by atoms with E-state index in [1.54, 1.807) is 35.5 Å². The van der Waals surface area contributed by atoms with Gasteiger partial charge in [-0.1, -0.05) is 23.4 Å². The summed E-state index contributed by atoms with van der Waals surface area (Å²) in [5.41, 5.74) is 1.22. The largest absolute Gasteiger partial charge is 0.342 e. The molecule has 3 aromatic rings. The minimum Gasteiger partial charge on any atom is -0.342 e. The Bertz CT molecular complexity index is 920. The number of hydrogen-bond donors (Lipinski definition) is 0. The predicted octanol–water partition coefficient (Wildman–Crippen LogP) is 3.22. The predicted molar refractivity (Wildman–Crippen MR) is 96.2 cm³/mol. The van der Waals surface area contributed by atoms with Crippen molar-refractivity contribution in [2.75, 3.05) is 13.1 Å². The Morgan fingerprint density at radius 3 is 2.74 bits per heavy atom. The fourth-order valence-electron chi connectivity index (χ4n) is 3.31. The van der Waals surface area contributed by atoms with Crippen molar-refractivity contribution in [2.45, 2.75) is 25.2 Å². The number of amides is 1. The summed E-state index contributed by atoms with van der Waals surface area (Å²) in [5, 5.41) is 4.10. The molecule has 0 unspecified atom stereocenters. The van der Waals surface area contributed by atoms with Crippen LogP contribution in [0.5, 0.6) is 0 Å². The molecular weight excluding hydrogens is 347 g/mol. The van der Waals surface area contributed by atoms with Crippen LogP contribution in [0.15, 0.2) is 53.3 Å². The average molecular weight is 366 g/mol. The number of carbonyl (C=O) groups is 1. The topological polar surface area (TPSA) is 72.1 Å². The third-order valence-electron chi connectivity index (χ3n) is 4.86. The molecule has 7 heteroatoms. The highest BCUT2D eigenvalue weighted by Gasteiger charge is 2.27. The smallest absolute Gasteiger partial charge is 0.259 e. The van der Waals surface area contributed by atoms with E-state index < -0.39 is 0 Å². The number of aromatic nitrogens is 3. The molecule has 6 nitrogen and oxygen atoms in total. The number of piperidine rings is 1. The van der Waals surface area contributed by atoms with E-state index in [9.17, 15) is 9.18 Å². The molecule has 0 spiro atoms. The summed E-state index contributed by atoms with van der Waals surface area (Å²) in [7, 11) is 0. The van der Waals surface area contributed by atoms with E-state index in [1.165, 1.54) is 6.07 Å². The molecule has 0 N–H and O–H groups in total. The first-order chi connectivity index (χ1) is 13.2. The Morgan fingerprint density at radius 1 is 1.19 bits per heavy atom. The molecule has 0 radical (unpaired) electrons. The maximum Gasteiger partial charge on any atom is 0.259 e. The van der Waals surface area contributed by atoms with Crippen LogP contribution in [-0.2, 0) is 11.2 Å². The quantitative estimate of drug-likeness (QED) is 0.709. The molecule has 0 aliphatic carbocycles. The van der Waals surface area contributed by atoms with Crippen molar-refractivity contribution in [3.8, 4) is 11.5 Å². The number of carbonyl (C=O) groups excluding carboxylic acids is 1. The highest BCUT2D eigenvalue weighted by atomic mass is 19.1. The monoisotopic (exact) mass is 366 g/mol. The van der Waals surface area contributed by atoms with Crippen LogP contribution in [0.1, 0.15) is 30.1 Å². The van der Waals surface area contributed by atoms with Crippen LogP contribution in [0.25, 0.3) is 11.5 Å². The summed E-state index contributed by atoms with van der Waals surface area (Å²) in [5.74, 6) is 0.876. The maximum atomic E-state index is 13.7. The summed E-state index contributed by atoms with van der Waals surface area (Å²) in [6.07, 6.45) is 4.98. The number of halogens is 1. The van der Waals surface area contributed by atoms with Crippen molar-refractivity contribution in [1.29, 1.82) is 0 Å². The fraction of sp³-hybridized carbons (Fsp3) is 0.300. The second-order valence-corrected chi connectivity index (χ2v) is 6.62. The Labute approximate surface area is 156 Å². The highest BCUT2D eigenvalue weighted by molar-refractivity contribution is 5.79. The maximum absolute atomic E-state index is 13.7. The zero-order chi connectivity index (χ0) is 18.6. The number of pyridine rings is 1. The lowest BCUT2D eigenvalue weighted by molar-refractivity contribution is -0.131. The first kappa shape index (κ1) is 17.3. The Hall–Kier alpha value is -3.09. The highest BCUT2D eigenvalue weighted by Crippen LogP contribution is 2.28. The molecule has 1 amide bonds. The standard InChI is InChI=1S/C20H19FN4O2/c21-17-6-2-1-4-15(17)12-18(26)25-10-7-14(8-11-25)19-23-20(27-24-19)16-5-3-9-22-13-16/h1-6,9,13-14H,7-8,10-12H2. The van der Waals surface area contributed by atoms with Gasteiger partial charge in [-0.25, -0.2) is 4.39 Å². The lowest BCUT2D eigenvalue weighted by atomic mass is 9.95. The van der Waals surface area contributed by atoms with Crippen LogP contribution in [0.3, 0.4) is 0 Å². The van der Waals surface area contributed by atoms with Gasteiger partial charge in [0.25, 0.3) is 5.89 Å². The fourth-order valence-corrected chi connectivity index (χ4v) is 3.31. The zero-order valence-corrected chi connectivity index (χ0v) is 14.7. The van der Waals surface area contributed by atoms with Crippen LogP contribution in [0.2, 0.25) is 0 Å². The van der Waals surface area contributed by atoms with Gasteiger partial charge in [0, 0.05) is 31.4 Å². The lowest BCUT2D eigenvalue weighted by Gasteiger charge is -2.30. The van der Waals surface area contributed by atoms with Gasteiger partial charge in [-0.05, 0) is 36.6 Å². The van der Waals surface area contributed by atoms with Crippen molar-refractivity contribution in [3.63, 3.8) is 0 Å². The summed E-state index contributed by atoms with van der Waals surface area (Å²) in [6.45, 7) is 1.21. The van der Waals surface area contributed by atoms with E-state index in [2.05, 4.69) is 15.1 Å². The average Bonchev–Trinajstić information content (AvgIpc) is 3.21. The second-order valence-electron chi connectivity index (χ2n) is 6.62. The van der Waals surface area contributed by atoms with Gasteiger partial charge >= 0.3 is 0 Å². The minimum atomic E-state index is -0.338. The molecule has 27 heavy (non-hydrogen) atoms. The van der Waals surface area contributed by atoms with Gasteiger partial charge in [0.2, 0.25) is 5.91 Å². The van der Waals surface area contributed by atoms with Crippen LogP contribution < -0.4 is 0 Å². The van der Waals surface area contributed by atoms with Crippen LogP contribution >= 0.6 is 0 Å². The molecule has 0 saturated carbocycles. The second kappa shape index (κ2) is 7.65. The van der Waals surface area contributed by atoms with Gasteiger partial charge in [-0.3, -0.25) is 9.78 Å². The lowest BCUT2D eigenvalue weighted by Crippen LogP contribution is -2.39. The first-order valence-electron chi connectivity index (χ1n) is 8.96. The van der Waals surface area contributed by atoms with Gasteiger partial charge in [0.15, 0.2) is 5.82 Å². The van der Waals surface area contributed by atoms with Crippen molar-refractivity contribution >= 4 is 5.91 Å². The van der Waals surface area contributed by atoms with E-state index in [4.69, 9.17) is 4.52 Å². The number of benzene rings is 1. The molecule has 1 fully saturated rings. The molecule has 0 bridgehead atoms. The summed E-state index contributed by atoms with van der Waals surface area (Å²) < 4.78 is 19.1. The summed E-state index contributed by atoms with van der Waals surface area (Å²) in [6, 6.07) is 10.1. The Balaban J connectivity index is 1.36. The minimum absolute atomic E-state index is 0.0530. The SMILES string of the molecule is O=C(Cc1ccccc1F)N1CCC(c2noc(-c3cccnc3)n2)CC1. The Morgan fingerprint density at radius 2 is 2.00 bits per heavy atom. The summed E-state index contributed by atoms with van der Waals surface area (Å²) >= 11 is 0. The third kappa shape index (κ3) is 3.86. The van der Waals surface area contributed by atoms with Crippen molar-refractivity contribution < 1.29 is 13.7 Å². The molecule has 2 aromatic heterocycles. The summed E-state index contributed by atoms with van der Waals surface area (Å²) in [4.78, 5) is 22.8. The molecule has 4 rings (SSSR count). The normalized spacial score (nSPS) is 15.1.